The van der Waals surface area contributed by atoms with Crippen LogP contribution in [0.5, 0.6) is 0 Å². The van der Waals surface area contributed by atoms with Gasteiger partial charge in [0.25, 0.3) is 0 Å². The predicted molar refractivity (Wildman–Crippen MR) is 106 cm³/mol. The van der Waals surface area contributed by atoms with Crippen LogP contribution >= 0.6 is 23.8 Å². The van der Waals surface area contributed by atoms with E-state index in [4.69, 9.17) is 23.8 Å². The molecule has 1 aromatic carbocycles. The van der Waals surface area contributed by atoms with Crippen molar-refractivity contribution in [3.05, 3.63) is 62.7 Å². The summed E-state index contributed by atoms with van der Waals surface area (Å²) in [7, 11) is 0. The first-order valence-electron chi connectivity index (χ1n) is 8.67. The zero-order chi connectivity index (χ0) is 19.4. The lowest BCUT2D eigenvalue weighted by molar-refractivity contribution is 0.569. The van der Waals surface area contributed by atoms with Crippen LogP contribution < -0.4 is 0 Å². The molecule has 0 spiro atoms. The Hall–Kier alpha value is -2.32. The largest absolute Gasteiger partial charge is 0.253 e. The summed E-state index contributed by atoms with van der Waals surface area (Å²) in [6.45, 7) is 4.78. The second kappa shape index (κ2) is 8.58. The van der Waals surface area contributed by atoms with Gasteiger partial charge in [0.05, 0.1) is 17.5 Å². The summed E-state index contributed by atoms with van der Waals surface area (Å²) in [5.74, 6) is 0.343. The molecule has 0 saturated heterocycles. The van der Waals surface area contributed by atoms with Crippen LogP contribution in [-0.2, 0) is 13.0 Å². The number of nitrogens with one attached hydrogen (secondary N) is 1. The summed E-state index contributed by atoms with van der Waals surface area (Å²) < 4.78 is 16.8. The lowest BCUT2D eigenvalue weighted by Crippen LogP contribution is -2.01. The van der Waals surface area contributed by atoms with Crippen LogP contribution in [0, 0.1) is 17.5 Å². The number of H-pyrrole nitrogens is 1. The highest BCUT2D eigenvalue weighted by atomic mass is 35.5. The second-order valence-corrected chi connectivity index (χ2v) is 6.92. The number of nitrogens with zero attached hydrogens (tertiary/aromatic N) is 5. The van der Waals surface area contributed by atoms with Crippen molar-refractivity contribution < 1.29 is 4.39 Å². The topological polar surface area (TPSA) is 63.8 Å². The molecule has 6 nitrogen and oxygen atoms in total. The Balaban J connectivity index is 1.86. The molecule has 27 heavy (non-hydrogen) atoms. The normalized spacial score (nSPS) is 11.6. The van der Waals surface area contributed by atoms with E-state index in [1.165, 1.54) is 16.8 Å². The molecule has 0 radical (unpaired) electrons. The highest BCUT2D eigenvalue weighted by molar-refractivity contribution is 7.71. The first-order valence-corrected chi connectivity index (χ1v) is 9.46. The van der Waals surface area contributed by atoms with Crippen LogP contribution in [0.1, 0.15) is 42.4 Å². The van der Waals surface area contributed by atoms with Gasteiger partial charge in [-0.2, -0.15) is 20.0 Å². The van der Waals surface area contributed by atoms with Crippen LogP contribution in [0.15, 0.2) is 29.4 Å². The predicted octanol–water partition coefficient (Wildman–Crippen LogP) is 4.51. The Kier molecular flexibility index (Phi) is 6.18. The SMILES string of the molecule is CCCCn1nc(C)c(C=Nn2c(Cc3ccc(F)cc3)n[nH]c2=S)c1Cl. The fourth-order valence-corrected chi connectivity index (χ4v) is 3.13. The number of hydrogen-bond donors (Lipinski definition) is 1. The van der Waals surface area contributed by atoms with Gasteiger partial charge in [-0.3, -0.25) is 9.78 Å². The standard InChI is InChI=1S/C18H20ClFN6S/c1-3-4-9-25-17(19)15(12(2)24-25)11-21-26-16(22-23-18(26)27)10-13-5-7-14(20)8-6-13/h5-8,11H,3-4,9-10H2,1-2H3,(H,23,27). The zero-order valence-electron chi connectivity index (χ0n) is 15.1. The van der Waals surface area contributed by atoms with E-state index in [0.29, 0.717) is 22.2 Å². The Morgan fingerprint density at radius 2 is 2.07 bits per heavy atom. The molecule has 3 aromatic rings. The first kappa shape index (κ1) is 19.4. The van der Waals surface area contributed by atoms with Gasteiger partial charge in [-0.15, -0.1) is 0 Å². The van der Waals surface area contributed by atoms with Gasteiger partial charge in [0.1, 0.15) is 11.0 Å². The Morgan fingerprint density at radius 1 is 1.33 bits per heavy atom. The molecular weight excluding hydrogens is 387 g/mol. The lowest BCUT2D eigenvalue weighted by Gasteiger charge is -2.02. The minimum atomic E-state index is -0.277. The minimum Gasteiger partial charge on any atom is -0.253 e. The quantitative estimate of drug-likeness (QED) is 0.463. The monoisotopic (exact) mass is 406 g/mol. The Labute approximate surface area is 166 Å². The van der Waals surface area contributed by atoms with Gasteiger partial charge in [-0.05, 0) is 43.3 Å². The number of rotatable bonds is 7. The van der Waals surface area contributed by atoms with E-state index in [0.717, 1.165) is 36.2 Å². The van der Waals surface area contributed by atoms with Crippen molar-refractivity contribution in [1.82, 2.24) is 24.7 Å². The van der Waals surface area contributed by atoms with Crippen molar-refractivity contribution >= 4 is 30.0 Å². The van der Waals surface area contributed by atoms with E-state index in [9.17, 15) is 4.39 Å². The smallest absolute Gasteiger partial charge is 0.216 e. The van der Waals surface area contributed by atoms with E-state index in [1.54, 1.807) is 23.0 Å². The third-order valence-electron chi connectivity index (χ3n) is 4.13. The number of unbranched alkanes of at least 4 members (excludes halogenated alkanes) is 1. The van der Waals surface area contributed by atoms with Crippen molar-refractivity contribution in [2.75, 3.05) is 0 Å². The summed E-state index contributed by atoms with van der Waals surface area (Å²) in [5, 5.41) is 16.4. The van der Waals surface area contributed by atoms with Crippen molar-refractivity contribution in [2.45, 2.75) is 39.7 Å². The van der Waals surface area contributed by atoms with E-state index in [2.05, 4.69) is 27.3 Å². The van der Waals surface area contributed by atoms with E-state index in [-0.39, 0.29) is 5.82 Å². The van der Waals surface area contributed by atoms with Crippen LogP contribution in [-0.4, -0.2) is 30.9 Å². The number of aromatic nitrogens is 5. The Bertz CT molecular complexity index is 1000. The van der Waals surface area contributed by atoms with Crippen molar-refractivity contribution in [3.63, 3.8) is 0 Å². The molecule has 3 rings (SSSR count). The van der Waals surface area contributed by atoms with E-state index in [1.807, 2.05) is 6.92 Å². The van der Waals surface area contributed by atoms with Gasteiger partial charge < -0.3 is 0 Å². The number of aryl methyl sites for hydroxylation is 2. The van der Waals surface area contributed by atoms with Gasteiger partial charge in [0.2, 0.25) is 4.77 Å². The van der Waals surface area contributed by atoms with Crippen LogP contribution in [0.2, 0.25) is 5.15 Å². The van der Waals surface area contributed by atoms with Crippen molar-refractivity contribution in [1.29, 1.82) is 0 Å². The molecule has 1 N–H and O–H groups in total. The molecular formula is C18H20ClFN6S. The molecule has 9 heteroatoms. The van der Waals surface area contributed by atoms with Gasteiger partial charge in [0, 0.05) is 13.0 Å². The van der Waals surface area contributed by atoms with E-state index >= 15 is 0 Å². The van der Waals surface area contributed by atoms with Crippen LogP contribution in [0.4, 0.5) is 4.39 Å². The van der Waals surface area contributed by atoms with Crippen LogP contribution in [0.3, 0.4) is 0 Å². The molecule has 0 aliphatic heterocycles. The fourth-order valence-electron chi connectivity index (χ4n) is 2.63. The van der Waals surface area contributed by atoms with E-state index < -0.39 is 0 Å². The summed E-state index contributed by atoms with van der Waals surface area (Å²) in [6.07, 6.45) is 4.18. The molecule has 0 aliphatic carbocycles. The maximum absolute atomic E-state index is 13.1. The number of benzene rings is 1. The summed E-state index contributed by atoms with van der Waals surface area (Å²) >= 11 is 11.7. The molecule has 0 saturated carbocycles. The molecule has 142 valence electrons. The maximum atomic E-state index is 13.1. The second-order valence-electron chi connectivity index (χ2n) is 6.17. The maximum Gasteiger partial charge on any atom is 0.216 e. The number of hydrogen-bond acceptors (Lipinski definition) is 4. The lowest BCUT2D eigenvalue weighted by atomic mass is 10.1. The van der Waals surface area contributed by atoms with Gasteiger partial charge >= 0.3 is 0 Å². The molecule has 0 aliphatic rings. The molecule has 0 bridgehead atoms. The van der Waals surface area contributed by atoms with Gasteiger partial charge in [-0.25, -0.2) is 4.39 Å². The zero-order valence-corrected chi connectivity index (χ0v) is 16.7. The Morgan fingerprint density at radius 3 is 2.78 bits per heavy atom. The van der Waals surface area contributed by atoms with Gasteiger partial charge in [-0.1, -0.05) is 37.1 Å². The highest BCUT2D eigenvalue weighted by Crippen LogP contribution is 2.19. The molecule has 2 aromatic heterocycles. The average Bonchev–Trinajstić information content (AvgIpc) is 3.13. The molecule has 2 heterocycles. The average molecular weight is 407 g/mol. The third-order valence-corrected chi connectivity index (χ3v) is 4.79. The van der Waals surface area contributed by atoms with Crippen LogP contribution in [0.25, 0.3) is 0 Å². The fraction of sp³-hybridized carbons (Fsp3) is 0.333. The first-order chi connectivity index (χ1) is 13.0. The molecule has 0 atom stereocenters. The number of halogens is 2. The summed E-state index contributed by atoms with van der Waals surface area (Å²) in [6, 6.07) is 6.25. The number of aromatic amines is 1. The minimum absolute atomic E-state index is 0.277. The summed E-state index contributed by atoms with van der Waals surface area (Å²) in [5.41, 5.74) is 2.46. The van der Waals surface area contributed by atoms with Gasteiger partial charge in [0.15, 0.2) is 5.82 Å². The molecule has 0 amide bonds. The van der Waals surface area contributed by atoms with Crippen molar-refractivity contribution in [3.8, 4) is 0 Å². The third kappa shape index (κ3) is 4.51. The highest BCUT2D eigenvalue weighted by Gasteiger charge is 2.12. The summed E-state index contributed by atoms with van der Waals surface area (Å²) in [4.78, 5) is 0. The van der Waals surface area contributed by atoms with Crippen molar-refractivity contribution in [2.24, 2.45) is 5.10 Å². The molecule has 0 unspecified atom stereocenters. The molecule has 0 fully saturated rings.